The summed E-state index contributed by atoms with van der Waals surface area (Å²) in [5.41, 5.74) is 0. The maximum Gasteiger partial charge on any atom is 0.224 e. The number of ether oxygens (including phenoxy) is 1. The molecule has 0 spiro atoms. The third-order valence-corrected chi connectivity index (χ3v) is 2.84. The molecule has 0 unspecified atom stereocenters. The Morgan fingerprint density at radius 3 is 2.83 bits per heavy atom. The Bertz CT molecular complexity index is 555. The van der Waals surface area contributed by atoms with E-state index in [2.05, 4.69) is 41.6 Å². The molecule has 7 nitrogen and oxygen atoms in total. The van der Waals surface area contributed by atoms with Crippen molar-refractivity contribution >= 4 is 33.5 Å². The van der Waals surface area contributed by atoms with Gasteiger partial charge in [0, 0.05) is 26.4 Å². The standard InChI is InChI=1S/C10H13BrN6O/c1-12-10-13-5-6(11)9(15-10)14-7-4-8(18-3)17(2)16-7/h4-5H,1-3H3,(H2,12,13,14,15,16). The van der Waals surface area contributed by atoms with Crippen molar-refractivity contribution in [2.24, 2.45) is 7.05 Å². The highest BCUT2D eigenvalue weighted by Crippen LogP contribution is 2.25. The number of anilines is 3. The molecular formula is C10H13BrN6O. The second kappa shape index (κ2) is 5.21. The number of nitrogens with zero attached hydrogens (tertiary/aromatic N) is 4. The van der Waals surface area contributed by atoms with Crippen molar-refractivity contribution in [3.8, 4) is 5.88 Å². The second-order valence-electron chi connectivity index (χ2n) is 3.46. The molecule has 2 N–H and O–H groups in total. The van der Waals surface area contributed by atoms with E-state index in [9.17, 15) is 0 Å². The Kier molecular flexibility index (Phi) is 3.66. The van der Waals surface area contributed by atoms with Gasteiger partial charge < -0.3 is 15.4 Å². The van der Waals surface area contributed by atoms with E-state index in [0.29, 0.717) is 23.5 Å². The summed E-state index contributed by atoms with van der Waals surface area (Å²) in [5.74, 6) is 2.48. The van der Waals surface area contributed by atoms with Gasteiger partial charge in [0.1, 0.15) is 0 Å². The summed E-state index contributed by atoms with van der Waals surface area (Å²) in [4.78, 5) is 8.36. The summed E-state index contributed by atoms with van der Waals surface area (Å²) in [6, 6.07) is 1.79. The van der Waals surface area contributed by atoms with E-state index >= 15 is 0 Å². The first kappa shape index (κ1) is 12.6. The zero-order valence-electron chi connectivity index (χ0n) is 10.2. The molecule has 0 fully saturated rings. The van der Waals surface area contributed by atoms with Crippen LogP contribution in [0, 0.1) is 0 Å². The molecule has 0 atom stereocenters. The Hall–Kier alpha value is -1.83. The lowest BCUT2D eigenvalue weighted by molar-refractivity contribution is 0.373. The van der Waals surface area contributed by atoms with Crippen molar-refractivity contribution in [3.63, 3.8) is 0 Å². The lowest BCUT2D eigenvalue weighted by atomic mass is 10.5. The van der Waals surface area contributed by atoms with Crippen LogP contribution >= 0.6 is 15.9 Å². The highest BCUT2D eigenvalue weighted by molar-refractivity contribution is 9.10. The van der Waals surface area contributed by atoms with Gasteiger partial charge in [-0.15, -0.1) is 0 Å². The van der Waals surface area contributed by atoms with Crippen molar-refractivity contribution < 1.29 is 4.74 Å². The highest BCUT2D eigenvalue weighted by Gasteiger charge is 2.09. The van der Waals surface area contributed by atoms with Crippen molar-refractivity contribution in [2.45, 2.75) is 0 Å². The van der Waals surface area contributed by atoms with Gasteiger partial charge in [-0.3, -0.25) is 0 Å². The van der Waals surface area contributed by atoms with Gasteiger partial charge in [0.25, 0.3) is 0 Å². The van der Waals surface area contributed by atoms with Crippen molar-refractivity contribution in [3.05, 3.63) is 16.7 Å². The number of aryl methyl sites for hydroxylation is 1. The maximum atomic E-state index is 5.14. The third-order valence-electron chi connectivity index (χ3n) is 2.26. The first-order valence-corrected chi connectivity index (χ1v) is 5.98. The normalized spacial score (nSPS) is 10.2. The van der Waals surface area contributed by atoms with Gasteiger partial charge >= 0.3 is 0 Å². The molecule has 0 amide bonds. The van der Waals surface area contributed by atoms with Gasteiger partial charge in [0.2, 0.25) is 11.8 Å². The Balaban J connectivity index is 2.27. The third kappa shape index (κ3) is 2.53. The van der Waals surface area contributed by atoms with E-state index in [1.807, 2.05) is 0 Å². The average molecular weight is 313 g/mol. The van der Waals surface area contributed by atoms with E-state index < -0.39 is 0 Å². The molecule has 2 heterocycles. The van der Waals surface area contributed by atoms with Gasteiger partial charge in [-0.2, -0.15) is 10.1 Å². The maximum absolute atomic E-state index is 5.14. The number of rotatable bonds is 4. The molecule has 2 aromatic heterocycles. The first-order chi connectivity index (χ1) is 8.63. The number of methoxy groups -OCH3 is 1. The predicted molar refractivity (Wildman–Crippen MR) is 72.3 cm³/mol. The number of halogens is 1. The van der Waals surface area contributed by atoms with E-state index in [1.54, 1.807) is 38.2 Å². The molecule has 0 aliphatic heterocycles. The van der Waals surface area contributed by atoms with Crippen LogP contribution in [0.4, 0.5) is 17.6 Å². The highest BCUT2D eigenvalue weighted by atomic mass is 79.9. The molecule has 2 aromatic rings. The second-order valence-corrected chi connectivity index (χ2v) is 4.32. The minimum atomic E-state index is 0.531. The topological polar surface area (TPSA) is 76.9 Å². The monoisotopic (exact) mass is 312 g/mol. The largest absolute Gasteiger partial charge is 0.481 e. The summed E-state index contributed by atoms with van der Waals surface area (Å²) in [6.07, 6.45) is 1.67. The minimum absolute atomic E-state index is 0.531. The number of aromatic nitrogens is 4. The fraction of sp³-hybridized carbons (Fsp3) is 0.300. The molecule has 96 valence electrons. The molecule has 0 aliphatic carbocycles. The SMILES string of the molecule is CNc1ncc(Br)c(Nc2cc(OC)n(C)n2)n1. The number of hydrogen-bond acceptors (Lipinski definition) is 6. The molecule has 0 aliphatic rings. The average Bonchev–Trinajstić information content (AvgIpc) is 2.72. The molecule has 2 rings (SSSR count). The lowest BCUT2D eigenvalue weighted by Gasteiger charge is -2.05. The molecule has 18 heavy (non-hydrogen) atoms. The van der Waals surface area contributed by atoms with Crippen LogP contribution < -0.4 is 15.4 Å². The lowest BCUT2D eigenvalue weighted by Crippen LogP contribution is -2.02. The minimum Gasteiger partial charge on any atom is -0.481 e. The van der Waals surface area contributed by atoms with Gasteiger partial charge in [-0.1, -0.05) is 0 Å². The Morgan fingerprint density at radius 1 is 1.44 bits per heavy atom. The van der Waals surface area contributed by atoms with Crippen LogP contribution in [0.2, 0.25) is 0 Å². The van der Waals surface area contributed by atoms with Crippen molar-refractivity contribution in [2.75, 3.05) is 24.8 Å². The molecule has 0 aromatic carbocycles. The molecule has 0 radical (unpaired) electrons. The zero-order valence-corrected chi connectivity index (χ0v) is 11.8. The Labute approximate surface area is 113 Å². The molecular weight excluding hydrogens is 300 g/mol. The summed E-state index contributed by atoms with van der Waals surface area (Å²) >= 11 is 3.38. The first-order valence-electron chi connectivity index (χ1n) is 5.19. The van der Waals surface area contributed by atoms with Gasteiger partial charge in [0.15, 0.2) is 11.6 Å². The van der Waals surface area contributed by atoms with E-state index in [4.69, 9.17) is 4.74 Å². The van der Waals surface area contributed by atoms with Crippen molar-refractivity contribution in [1.82, 2.24) is 19.7 Å². The van der Waals surface area contributed by atoms with Crippen LogP contribution in [0.25, 0.3) is 0 Å². The summed E-state index contributed by atoms with van der Waals surface area (Å²) in [5, 5.41) is 10.2. The molecule has 0 saturated carbocycles. The van der Waals surface area contributed by atoms with Crippen molar-refractivity contribution in [1.29, 1.82) is 0 Å². The number of hydrogen-bond donors (Lipinski definition) is 2. The van der Waals surface area contributed by atoms with Gasteiger partial charge in [-0.25, -0.2) is 9.67 Å². The van der Waals surface area contributed by atoms with Gasteiger partial charge in [-0.05, 0) is 15.9 Å². The summed E-state index contributed by atoms with van der Waals surface area (Å²) < 4.78 is 7.53. The van der Waals surface area contributed by atoms with Gasteiger partial charge in [0.05, 0.1) is 11.6 Å². The van der Waals surface area contributed by atoms with Crippen LogP contribution in [0.5, 0.6) is 5.88 Å². The Morgan fingerprint density at radius 2 is 2.22 bits per heavy atom. The molecule has 0 saturated heterocycles. The van der Waals surface area contributed by atoms with Crippen LogP contribution in [-0.2, 0) is 7.05 Å². The smallest absolute Gasteiger partial charge is 0.224 e. The van der Waals surface area contributed by atoms with E-state index in [-0.39, 0.29) is 0 Å². The van der Waals surface area contributed by atoms with Crippen LogP contribution in [0.3, 0.4) is 0 Å². The van der Waals surface area contributed by atoms with E-state index in [0.717, 1.165) is 4.47 Å². The fourth-order valence-corrected chi connectivity index (χ4v) is 1.69. The van der Waals surface area contributed by atoms with Crippen LogP contribution in [0.15, 0.2) is 16.7 Å². The quantitative estimate of drug-likeness (QED) is 0.896. The van der Waals surface area contributed by atoms with E-state index in [1.165, 1.54) is 0 Å². The van der Waals surface area contributed by atoms with Crippen LogP contribution in [-0.4, -0.2) is 33.9 Å². The summed E-state index contributed by atoms with van der Waals surface area (Å²) in [6.45, 7) is 0. The number of nitrogens with one attached hydrogen (secondary N) is 2. The predicted octanol–water partition coefficient (Wildman–Crippen LogP) is 1.77. The van der Waals surface area contributed by atoms with Crippen LogP contribution in [0.1, 0.15) is 0 Å². The molecule has 0 bridgehead atoms. The summed E-state index contributed by atoms with van der Waals surface area (Å²) in [7, 11) is 5.16. The molecule has 8 heteroatoms. The zero-order chi connectivity index (χ0) is 13.1. The fourth-order valence-electron chi connectivity index (χ4n) is 1.40.